The maximum Gasteiger partial charge on any atom is 0.239 e. The number of furan rings is 1. The average molecular weight is 280 g/mol. The minimum atomic E-state index is -0.880. The molecule has 0 aromatic carbocycles. The highest BCUT2D eigenvalue weighted by molar-refractivity contribution is 5.85. The fourth-order valence-corrected chi connectivity index (χ4v) is 2.41. The Labute approximate surface area is 117 Å². The van der Waals surface area contributed by atoms with Crippen LogP contribution in [0.4, 0.5) is 0 Å². The van der Waals surface area contributed by atoms with E-state index in [9.17, 15) is 14.7 Å². The van der Waals surface area contributed by atoms with E-state index in [1.54, 1.807) is 12.1 Å². The summed E-state index contributed by atoms with van der Waals surface area (Å²) in [5.74, 6) is 0.0839. The van der Waals surface area contributed by atoms with Crippen LogP contribution in [-0.4, -0.2) is 29.1 Å². The van der Waals surface area contributed by atoms with Gasteiger partial charge in [0.2, 0.25) is 11.8 Å². The summed E-state index contributed by atoms with van der Waals surface area (Å²) in [5.41, 5.74) is -0.880. The lowest BCUT2D eigenvalue weighted by molar-refractivity contribution is -0.129. The van der Waals surface area contributed by atoms with E-state index in [0.29, 0.717) is 25.1 Å². The molecule has 0 bridgehead atoms. The van der Waals surface area contributed by atoms with Crippen molar-refractivity contribution in [1.82, 2.24) is 10.6 Å². The lowest BCUT2D eigenvalue weighted by Crippen LogP contribution is -2.40. The maximum atomic E-state index is 11.7. The first-order chi connectivity index (χ1) is 9.57. The van der Waals surface area contributed by atoms with Crippen molar-refractivity contribution in [2.75, 3.05) is 6.54 Å². The fourth-order valence-electron chi connectivity index (χ4n) is 2.41. The van der Waals surface area contributed by atoms with Gasteiger partial charge in [-0.05, 0) is 25.0 Å². The molecule has 2 amide bonds. The fraction of sp³-hybridized carbons (Fsp3) is 0.571. The van der Waals surface area contributed by atoms with E-state index in [4.69, 9.17) is 4.42 Å². The second-order valence-corrected chi connectivity index (χ2v) is 5.24. The molecule has 1 fully saturated rings. The van der Waals surface area contributed by atoms with Crippen LogP contribution in [0.3, 0.4) is 0 Å². The Morgan fingerprint density at radius 1 is 1.25 bits per heavy atom. The summed E-state index contributed by atoms with van der Waals surface area (Å²) in [5, 5.41) is 15.2. The molecule has 20 heavy (non-hydrogen) atoms. The third-order valence-corrected chi connectivity index (χ3v) is 3.51. The zero-order valence-corrected chi connectivity index (χ0v) is 11.4. The second kappa shape index (κ2) is 6.56. The molecule has 2 rings (SSSR count). The summed E-state index contributed by atoms with van der Waals surface area (Å²) in [4.78, 5) is 23.2. The molecule has 6 heteroatoms. The molecular weight excluding hydrogens is 260 g/mol. The molecule has 1 aromatic heterocycles. The number of rotatable bonds is 6. The molecule has 0 radical (unpaired) electrons. The molecule has 1 heterocycles. The van der Waals surface area contributed by atoms with Gasteiger partial charge in [-0.2, -0.15) is 0 Å². The van der Waals surface area contributed by atoms with Crippen molar-refractivity contribution in [3.63, 3.8) is 0 Å². The Hall–Kier alpha value is -1.82. The van der Waals surface area contributed by atoms with Gasteiger partial charge in [-0.25, -0.2) is 0 Å². The van der Waals surface area contributed by atoms with Crippen molar-refractivity contribution < 1.29 is 19.1 Å². The number of carbonyl (C=O) groups excluding carboxylic acids is 2. The van der Waals surface area contributed by atoms with Gasteiger partial charge in [0.25, 0.3) is 0 Å². The molecule has 1 saturated carbocycles. The number of hydrogen-bond acceptors (Lipinski definition) is 4. The second-order valence-electron chi connectivity index (χ2n) is 5.24. The first kappa shape index (κ1) is 14.6. The van der Waals surface area contributed by atoms with Crippen molar-refractivity contribution >= 4 is 11.8 Å². The third-order valence-electron chi connectivity index (χ3n) is 3.51. The van der Waals surface area contributed by atoms with E-state index in [2.05, 4.69) is 10.6 Å². The molecule has 0 saturated heterocycles. The van der Waals surface area contributed by atoms with E-state index in [1.807, 2.05) is 0 Å². The molecule has 1 aromatic rings. The van der Waals surface area contributed by atoms with Crippen LogP contribution >= 0.6 is 0 Å². The van der Waals surface area contributed by atoms with E-state index in [-0.39, 0.29) is 24.8 Å². The van der Waals surface area contributed by atoms with Crippen LogP contribution in [0.15, 0.2) is 22.8 Å². The number of aliphatic hydroxyl groups is 1. The van der Waals surface area contributed by atoms with Gasteiger partial charge in [0.05, 0.1) is 31.4 Å². The first-order valence-electron chi connectivity index (χ1n) is 6.86. The summed E-state index contributed by atoms with van der Waals surface area (Å²) < 4.78 is 5.08. The molecule has 1 aliphatic carbocycles. The minimum Gasteiger partial charge on any atom is -0.467 e. The normalized spacial score (nSPS) is 16.9. The molecule has 6 nitrogen and oxygen atoms in total. The molecule has 110 valence electrons. The van der Waals surface area contributed by atoms with E-state index >= 15 is 0 Å². The van der Waals surface area contributed by atoms with Gasteiger partial charge in [0, 0.05) is 0 Å². The van der Waals surface area contributed by atoms with Gasteiger partial charge in [-0.15, -0.1) is 0 Å². The molecule has 1 aliphatic rings. The van der Waals surface area contributed by atoms with Gasteiger partial charge in [0.15, 0.2) is 0 Å². The molecular formula is C14H20N2O4. The Morgan fingerprint density at radius 2 is 2.00 bits per heavy atom. The average Bonchev–Trinajstić information content (AvgIpc) is 3.05. The van der Waals surface area contributed by atoms with Gasteiger partial charge < -0.3 is 20.2 Å². The molecule has 0 unspecified atom stereocenters. The van der Waals surface area contributed by atoms with Crippen molar-refractivity contribution in [3.8, 4) is 0 Å². The number of carbonyl (C=O) groups is 2. The van der Waals surface area contributed by atoms with Crippen molar-refractivity contribution in [1.29, 1.82) is 0 Å². The molecule has 0 spiro atoms. The summed E-state index contributed by atoms with van der Waals surface area (Å²) in [6, 6.07) is 3.50. The van der Waals surface area contributed by atoms with Crippen molar-refractivity contribution in [2.24, 2.45) is 0 Å². The maximum absolute atomic E-state index is 11.7. The Kier molecular flexibility index (Phi) is 4.79. The number of nitrogens with one attached hydrogen (secondary N) is 2. The SMILES string of the molecule is O=C(CNC(=O)CC1(O)CCCC1)NCc1ccco1. The van der Waals surface area contributed by atoms with Crippen LogP contribution in [-0.2, 0) is 16.1 Å². The van der Waals surface area contributed by atoms with Gasteiger partial charge in [-0.1, -0.05) is 12.8 Å². The lowest BCUT2D eigenvalue weighted by Gasteiger charge is -2.20. The topological polar surface area (TPSA) is 91.6 Å². The number of amides is 2. The molecule has 0 atom stereocenters. The van der Waals surface area contributed by atoms with E-state index in [0.717, 1.165) is 12.8 Å². The summed E-state index contributed by atoms with van der Waals surface area (Å²) in [6.45, 7) is 0.210. The monoisotopic (exact) mass is 280 g/mol. The van der Waals surface area contributed by atoms with Gasteiger partial charge in [0.1, 0.15) is 5.76 Å². The smallest absolute Gasteiger partial charge is 0.239 e. The highest BCUT2D eigenvalue weighted by Gasteiger charge is 2.33. The predicted molar refractivity (Wildman–Crippen MR) is 71.6 cm³/mol. The Bertz CT molecular complexity index is 450. The van der Waals surface area contributed by atoms with E-state index in [1.165, 1.54) is 6.26 Å². The highest BCUT2D eigenvalue weighted by Crippen LogP contribution is 2.32. The van der Waals surface area contributed by atoms with Crippen LogP contribution in [0.2, 0.25) is 0 Å². The quantitative estimate of drug-likeness (QED) is 0.715. The first-order valence-corrected chi connectivity index (χ1v) is 6.86. The lowest BCUT2D eigenvalue weighted by atomic mass is 9.98. The molecule has 3 N–H and O–H groups in total. The van der Waals surface area contributed by atoms with Crippen molar-refractivity contribution in [2.45, 2.75) is 44.2 Å². The van der Waals surface area contributed by atoms with Gasteiger partial charge >= 0.3 is 0 Å². The Morgan fingerprint density at radius 3 is 2.65 bits per heavy atom. The number of hydrogen-bond donors (Lipinski definition) is 3. The van der Waals surface area contributed by atoms with Crippen LogP contribution in [0.1, 0.15) is 37.9 Å². The summed E-state index contributed by atoms with van der Waals surface area (Å²) in [7, 11) is 0. The third kappa shape index (κ3) is 4.38. The molecule has 0 aliphatic heterocycles. The van der Waals surface area contributed by atoms with Gasteiger partial charge in [-0.3, -0.25) is 9.59 Å². The van der Waals surface area contributed by atoms with Crippen LogP contribution in [0.25, 0.3) is 0 Å². The Balaban J connectivity index is 1.64. The minimum absolute atomic E-state index is 0.0679. The zero-order valence-electron chi connectivity index (χ0n) is 11.4. The van der Waals surface area contributed by atoms with Crippen LogP contribution < -0.4 is 10.6 Å². The van der Waals surface area contributed by atoms with Crippen LogP contribution in [0, 0.1) is 0 Å². The van der Waals surface area contributed by atoms with Crippen molar-refractivity contribution in [3.05, 3.63) is 24.2 Å². The largest absolute Gasteiger partial charge is 0.467 e. The van der Waals surface area contributed by atoms with E-state index < -0.39 is 5.60 Å². The zero-order chi connectivity index (χ0) is 14.4. The highest BCUT2D eigenvalue weighted by atomic mass is 16.3. The van der Waals surface area contributed by atoms with Crippen LogP contribution in [0.5, 0.6) is 0 Å². The summed E-state index contributed by atoms with van der Waals surface area (Å²) >= 11 is 0. The predicted octanol–water partition coefficient (Wildman–Crippen LogP) is 0.707. The summed E-state index contributed by atoms with van der Waals surface area (Å²) in [6.07, 6.45) is 4.82. The standard InChI is InChI=1S/C14H20N2O4/c17-12(8-14(19)5-1-2-6-14)16-10-13(18)15-9-11-4-3-7-20-11/h3-4,7,19H,1-2,5-6,8-10H2,(H,15,18)(H,16,17).